The monoisotopic (exact) mass is 514 g/mol. The van der Waals surface area contributed by atoms with Gasteiger partial charge >= 0.3 is 0 Å². The first-order valence-electron chi connectivity index (χ1n) is 13.5. The van der Waals surface area contributed by atoms with Crippen molar-refractivity contribution in [2.24, 2.45) is 0 Å². The lowest BCUT2D eigenvalue weighted by atomic mass is 9.77. The van der Waals surface area contributed by atoms with Crippen molar-refractivity contribution in [1.29, 1.82) is 0 Å². The summed E-state index contributed by atoms with van der Waals surface area (Å²) in [6, 6.07) is 39.1. The lowest BCUT2D eigenvalue weighted by molar-refractivity contribution is 0.455. The summed E-state index contributed by atoms with van der Waals surface area (Å²) in [5.41, 5.74) is 3.18. The lowest BCUT2D eigenvalue weighted by Crippen LogP contribution is -2.13. The molecule has 40 heavy (non-hydrogen) atoms. The largest absolute Gasteiger partial charge is 0.508 e. The first-order chi connectivity index (χ1) is 19.6. The molecule has 0 radical (unpaired) electrons. The summed E-state index contributed by atoms with van der Waals surface area (Å²) in [5, 5.41) is 32.5. The summed E-state index contributed by atoms with van der Waals surface area (Å²) < 4.78 is 6.56. The first kappa shape index (κ1) is 21.6. The molecule has 1 heterocycles. The van der Waals surface area contributed by atoms with Crippen LogP contribution in [0.1, 0.15) is 22.6 Å². The maximum Gasteiger partial charge on any atom is 0.132 e. The smallest absolute Gasteiger partial charge is 0.132 e. The van der Waals surface area contributed by atoms with Crippen LogP contribution in [0.5, 0.6) is 23.0 Å². The summed E-state index contributed by atoms with van der Waals surface area (Å²) in [5.74, 6) is 1.81. The van der Waals surface area contributed by atoms with E-state index in [4.69, 9.17) is 4.74 Å². The van der Waals surface area contributed by atoms with Gasteiger partial charge in [0.2, 0.25) is 0 Å². The highest BCUT2D eigenvalue weighted by molar-refractivity contribution is 6.23. The van der Waals surface area contributed by atoms with E-state index in [2.05, 4.69) is 54.6 Å². The number of aromatic hydroxyl groups is 2. The van der Waals surface area contributed by atoms with E-state index in [1.165, 1.54) is 32.3 Å². The van der Waals surface area contributed by atoms with Crippen LogP contribution in [0.4, 0.5) is 0 Å². The van der Waals surface area contributed by atoms with Crippen LogP contribution < -0.4 is 4.74 Å². The fourth-order valence-electron chi connectivity index (χ4n) is 6.94. The molecule has 0 saturated heterocycles. The number of hydrogen-bond donors (Lipinski definition) is 2. The van der Waals surface area contributed by atoms with E-state index in [0.29, 0.717) is 0 Å². The van der Waals surface area contributed by atoms with E-state index < -0.39 is 0 Å². The van der Waals surface area contributed by atoms with Gasteiger partial charge in [-0.2, -0.15) is 0 Å². The van der Waals surface area contributed by atoms with Crippen LogP contribution in [0.25, 0.3) is 53.9 Å². The summed E-state index contributed by atoms with van der Waals surface area (Å²) in [6.07, 6.45) is 0. The maximum atomic E-state index is 10.5. The molecule has 0 bridgehead atoms. The summed E-state index contributed by atoms with van der Waals surface area (Å²) in [6.45, 7) is 0. The molecule has 3 heteroatoms. The molecule has 1 aliphatic heterocycles. The van der Waals surface area contributed by atoms with Crippen molar-refractivity contribution >= 4 is 53.9 Å². The average Bonchev–Trinajstić information content (AvgIpc) is 2.98. The number of phenols is 2. The number of phenolic OH excluding ortho intramolecular Hbond substituents is 2. The van der Waals surface area contributed by atoms with Gasteiger partial charge in [0.1, 0.15) is 23.0 Å². The van der Waals surface area contributed by atoms with E-state index in [1.54, 1.807) is 12.1 Å². The van der Waals surface area contributed by atoms with Gasteiger partial charge in [0.25, 0.3) is 0 Å². The molecule has 8 aromatic rings. The Kier molecular flexibility index (Phi) is 4.13. The van der Waals surface area contributed by atoms with E-state index in [-0.39, 0.29) is 17.4 Å². The fourth-order valence-corrected chi connectivity index (χ4v) is 6.94. The summed E-state index contributed by atoms with van der Waals surface area (Å²) in [7, 11) is 0. The topological polar surface area (TPSA) is 49.7 Å². The Bertz CT molecular complexity index is 2180. The van der Waals surface area contributed by atoms with Crippen LogP contribution in [0.2, 0.25) is 0 Å². The minimum absolute atomic E-state index is 0.184. The van der Waals surface area contributed by atoms with Crippen LogP contribution in [-0.2, 0) is 0 Å². The normalized spacial score (nSPS) is 13.3. The quantitative estimate of drug-likeness (QED) is 0.214. The zero-order valence-corrected chi connectivity index (χ0v) is 21.3. The molecular formula is C37H22O3. The van der Waals surface area contributed by atoms with Crippen molar-refractivity contribution in [3.8, 4) is 23.0 Å². The number of fused-ring (bicyclic) bond motifs is 6. The Morgan fingerprint density at radius 1 is 0.450 bits per heavy atom. The summed E-state index contributed by atoms with van der Waals surface area (Å²) in [4.78, 5) is 0. The van der Waals surface area contributed by atoms with E-state index in [9.17, 15) is 10.2 Å². The zero-order valence-electron chi connectivity index (χ0n) is 21.3. The molecule has 188 valence electrons. The number of hydrogen-bond acceptors (Lipinski definition) is 3. The Hall–Kier alpha value is -5.28. The maximum absolute atomic E-state index is 10.5. The molecule has 0 unspecified atom stereocenters. The third-order valence-electron chi connectivity index (χ3n) is 8.63. The summed E-state index contributed by atoms with van der Waals surface area (Å²) >= 11 is 0. The number of rotatable bonds is 1. The zero-order chi connectivity index (χ0) is 26.5. The second kappa shape index (κ2) is 7.64. The van der Waals surface area contributed by atoms with Crippen molar-refractivity contribution in [2.45, 2.75) is 5.92 Å². The Labute approximate surface area is 229 Å². The van der Waals surface area contributed by atoms with Crippen LogP contribution in [0, 0.1) is 0 Å². The minimum Gasteiger partial charge on any atom is -0.508 e. The van der Waals surface area contributed by atoms with E-state index >= 15 is 0 Å². The van der Waals surface area contributed by atoms with Gasteiger partial charge in [0, 0.05) is 17.0 Å². The van der Waals surface area contributed by atoms with Gasteiger partial charge in [0.15, 0.2) is 0 Å². The van der Waals surface area contributed by atoms with Crippen molar-refractivity contribution < 1.29 is 14.9 Å². The Morgan fingerprint density at radius 3 is 1.45 bits per heavy atom. The van der Waals surface area contributed by atoms with Crippen molar-refractivity contribution in [1.82, 2.24) is 0 Å². The van der Waals surface area contributed by atoms with Crippen molar-refractivity contribution in [3.63, 3.8) is 0 Å². The highest BCUT2D eigenvalue weighted by Gasteiger charge is 2.33. The van der Waals surface area contributed by atoms with Crippen LogP contribution in [-0.4, -0.2) is 10.2 Å². The highest BCUT2D eigenvalue weighted by Crippen LogP contribution is 2.53. The second-order valence-corrected chi connectivity index (χ2v) is 10.9. The predicted octanol–water partition coefficient (Wildman–Crippen LogP) is 9.59. The van der Waals surface area contributed by atoms with Crippen LogP contribution >= 0.6 is 0 Å². The molecule has 0 spiro atoms. The van der Waals surface area contributed by atoms with Gasteiger partial charge in [-0.25, -0.2) is 0 Å². The predicted molar refractivity (Wildman–Crippen MR) is 162 cm³/mol. The Morgan fingerprint density at radius 2 is 0.900 bits per heavy atom. The van der Waals surface area contributed by atoms with Crippen LogP contribution in [0.3, 0.4) is 0 Å². The molecule has 0 fully saturated rings. The number of ether oxygens (including phenoxy) is 1. The first-order valence-corrected chi connectivity index (χ1v) is 13.5. The fraction of sp³-hybridized carbons (Fsp3) is 0.0270. The molecule has 3 nitrogen and oxygen atoms in total. The SMILES string of the molecule is Oc1ccc2ccc3c(c2c1)C(c1cc2ccc4cccc5ccc(c1)c2c45)c1c(ccc2ccc(O)cc12)O3. The lowest BCUT2D eigenvalue weighted by Gasteiger charge is -2.31. The van der Waals surface area contributed by atoms with Gasteiger partial charge in [-0.15, -0.1) is 0 Å². The molecule has 0 saturated carbocycles. The van der Waals surface area contributed by atoms with Gasteiger partial charge < -0.3 is 14.9 Å². The van der Waals surface area contributed by atoms with Crippen LogP contribution in [0.15, 0.2) is 115 Å². The molecule has 2 N–H and O–H groups in total. The third kappa shape index (κ3) is 2.89. The highest BCUT2D eigenvalue weighted by atomic mass is 16.5. The van der Waals surface area contributed by atoms with Crippen molar-refractivity contribution in [2.75, 3.05) is 0 Å². The van der Waals surface area contributed by atoms with Gasteiger partial charge in [-0.3, -0.25) is 0 Å². The van der Waals surface area contributed by atoms with Gasteiger partial charge in [-0.1, -0.05) is 78.9 Å². The third-order valence-corrected chi connectivity index (χ3v) is 8.63. The molecule has 9 rings (SSSR count). The second-order valence-electron chi connectivity index (χ2n) is 10.9. The standard InChI is InChI=1S/C37H22O3/c38-27-12-8-20-10-14-31-36(29(20)18-27)35(37-30-19-28(39)13-9-21(30)11-15-32(37)40-31)26-16-24-6-4-22-2-1-3-23-5-7-25(17-26)34(24)33(22)23/h1-19,35,38-39H. The van der Waals surface area contributed by atoms with Gasteiger partial charge in [-0.05, 0) is 95.8 Å². The number of benzene rings is 8. The molecule has 0 atom stereocenters. The molecule has 0 aromatic heterocycles. The molecule has 1 aliphatic rings. The minimum atomic E-state index is -0.184. The molecular weight excluding hydrogens is 492 g/mol. The van der Waals surface area contributed by atoms with E-state index in [1.807, 2.05) is 48.5 Å². The van der Waals surface area contributed by atoms with Gasteiger partial charge in [0.05, 0.1) is 0 Å². The molecule has 8 aromatic carbocycles. The Balaban J connectivity index is 1.44. The molecule has 0 amide bonds. The average molecular weight is 515 g/mol. The van der Waals surface area contributed by atoms with E-state index in [0.717, 1.165) is 49.7 Å². The molecule has 0 aliphatic carbocycles. The van der Waals surface area contributed by atoms with Crippen molar-refractivity contribution in [3.05, 3.63) is 132 Å².